The highest BCUT2D eigenvalue weighted by atomic mass is 16.5. The summed E-state index contributed by atoms with van der Waals surface area (Å²) in [5, 5.41) is 3.80. The van der Waals surface area contributed by atoms with Crippen molar-refractivity contribution in [1.82, 2.24) is 5.32 Å². The molecule has 1 aliphatic carbocycles. The van der Waals surface area contributed by atoms with E-state index >= 15 is 0 Å². The van der Waals surface area contributed by atoms with Gasteiger partial charge in [-0.3, -0.25) is 0 Å². The lowest BCUT2D eigenvalue weighted by molar-refractivity contribution is -0.0855. The highest BCUT2D eigenvalue weighted by molar-refractivity contribution is 4.94. The van der Waals surface area contributed by atoms with Crippen LogP contribution in [0, 0.1) is 0 Å². The minimum atomic E-state index is 0.222. The second kappa shape index (κ2) is 6.88. The van der Waals surface area contributed by atoms with E-state index in [4.69, 9.17) is 9.47 Å². The Morgan fingerprint density at radius 3 is 2.83 bits per heavy atom. The van der Waals surface area contributed by atoms with Gasteiger partial charge < -0.3 is 14.8 Å². The van der Waals surface area contributed by atoms with Crippen molar-refractivity contribution in [2.45, 2.75) is 76.0 Å². The van der Waals surface area contributed by atoms with E-state index in [1.165, 1.54) is 44.9 Å². The van der Waals surface area contributed by atoms with Crippen molar-refractivity contribution < 1.29 is 9.47 Å². The fraction of sp³-hybridized carbons (Fsp3) is 1.00. The van der Waals surface area contributed by atoms with E-state index in [1.807, 2.05) is 0 Å². The van der Waals surface area contributed by atoms with Gasteiger partial charge in [0.15, 0.2) is 0 Å². The quantitative estimate of drug-likeness (QED) is 0.791. The lowest BCUT2D eigenvalue weighted by Gasteiger charge is -2.40. The molecule has 1 heterocycles. The van der Waals surface area contributed by atoms with Crippen LogP contribution in [-0.4, -0.2) is 38.0 Å². The summed E-state index contributed by atoms with van der Waals surface area (Å²) in [6, 6.07) is 1.14. The summed E-state index contributed by atoms with van der Waals surface area (Å²) in [6.07, 6.45) is 10.0. The molecule has 0 bridgehead atoms. The first-order valence-electron chi connectivity index (χ1n) is 7.67. The molecule has 1 saturated heterocycles. The minimum Gasteiger partial charge on any atom is -0.383 e. The largest absolute Gasteiger partial charge is 0.383 e. The number of hydrogen-bond donors (Lipinski definition) is 1. The van der Waals surface area contributed by atoms with Crippen LogP contribution < -0.4 is 5.32 Å². The maximum Gasteiger partial charge on any atom is 0.0697 e. The topological polar surface area (TPSA) is 30.5 Å². The Balaban J connectivity index is 1.83. The molecule has 0 aromatic heterocycles. The van der Waals surface area contributed by atoms with Gasteiger partial charge in [0, 0.05) is 25.8 Å². The Morgan fingerprint density at radius 2 is 2.17 bits per heavy atom. The average Bonchev–Trinajstić information content (AvgIpc) is 2.78. The van der Waals surface area contributed by atoms with Crippen molar-refractivity contribution in [3.8, 4) is 0 Å². The molecule has 0 aromatic rings. The van der Waals surface area contributed by atoms with Crippen molar-refractivity contribution in [2.75, 3.05) is 20.3 Å². The summed E-state index contributed by atoms with van der Waals surface area (Å²) in [4.78, 5) is 0. The first kappa shape index (κ1) is 14.3. The van der Waals surface area contributed by atoms with Crippen LogP contribution >= 0.6 is 0 Å². The van der Waals surface area contributed by atoms with Crippen molar-refractivity contribution in [3.05, 3.63) is 0 Å². The van der Waals surface area contributed by atoms with Crippen molar-refractivity contribution in [1.29, 1.82) is 0 Å². The maximum atomic E-state index is 6.09. The van der Waals surface area contributed by atoms with Crippen LogP contribution in [0.5, 0.6) is 0 Å². The van der Waals surface area contributed by atoms with E-state index in [2.05, 4.69) is 12.2 Å². The average molecular weight is 255 g/mol. The Hall–Kier alpha value is -0.120. The van der Waals surface area contributed by atoms with Gasteiger partial charge in [-0.05, 0) is 32.1 Å². The van der Waals surface area contributed by atoms with Gasteiger partial charge in [-0.15, -0.1) is 0 Å². The van der Waals surface area contributed by atoms with E-state index in [0.29, 0.717) is 12.1 Å². The Bertz CT molecular complexity index is 233. The van der Waals surface area contributed by atoms with Crippen molar-refractivity contribution in [2.24, 2.45) is 0 Å². The maximum absolute atomic E-state index is 6.09. The van der Waals surface area contributed by atoms with Gasteiger partial charge in [-0.2, -0.15) is 0 Å². The van der Waals surface area contributed by atoms with E-state index in [9.17, 15) is 0 Å². The van der Waals surface area contributed by atoms with E-state index in [0.717, 1.165) is 19.6 Å². The number of ether oxygens (including phenoxy) is 2. The van der Waals surface area contributed by atoms with Gasteiger partial charge in [-0.1, -0.05) is 26.2 Å². The number of rotatable bonds is 6. The second-order valence-electron chi connectivity index (χ2n) is 6.04. The van der Waals surface area contributed by atoms with Crippen molar-refractivity contribution >= 4 is 0 Å². The lowest BCUT2D eigenvalue weighted by Crippen LogP contribution is -2.49. The molecule has 2 fully saturated rings. The van der Waals surface area contributed by atoms with Crippen LogP contribution in [0.3, 0.4) is 0 Å². The molecule has 0 amide bonds. The summed E-state index contributed by atoms with van der Waals surface area (Å²) < 4.78 is 11.4. The molecular formula is C15H29NO2. The van der Waals surface area contributed by atoms with Gasteiger partial charge in [0.25, 0.3) is 0 Å². The highest BCUT2D eigenvalue weighted by Crippen LogP contribution is 2.40. The van der Waals surface area contributed by atoms with Gasteiger partial charge in [0.05, 0.1) is 12.2 Å². The zero-order valence-corrected chi connectivity index (χ0v) is 12.0. The molecule has 2 unspecified atom stereocenters. The molecule has 18 heavy (non-hydrogen) atoms. The Kier molecular flexibility index (Phi) is 5.46. The Labute approximate surface area is 112 Å². The van der Waals surface area contributed by atoms with E-state index < -0.39 is 0 Å². The smallest absolute Gasteiger partial charge is 0.0697 e. The predicted octanol–water partition coefficient (Wildman–Crippen LogP) is 2.88. The summed E-state index contributed by atoms with van der Waals surface area (Å²) in [6.45, 7) is 4.01. The van der Waals surface area contributed by atoms with Gasteiger partial charge >= 0.3 is 0 Å². The Morgan fingerprint density at radius 1 is 1.39 bits per heavy atom. The van der Waals surface area contributed by atoms with Crippen LogP contribution in [0.15, 0.2) is 0 Å². The predicted molar refractivity (Wildman–Crippen MR) is 73.9 cm³/mol. The molecule has 106 valence electrons. The summed E-state index contributed by atoms with van der Waals surface area (Å²) in [5.74, 6) is 0. The molecule has 0 radical (unpaired) electrons. The number of nitrogens with one attached hydrogen (secondary N) is 1. The summed E-state index contributed by atoms with van der Waals surface area (Å²) in [7, 11) is 1.80. The molecule has 1 aliphatic heterocycles. The number of methoxy groups -OCH3 is 1. The van der Waals surface area contributed by atoms with Crippen molar-refractivity contribution in [3.63, 3.8) is 0 Å². The van der Waals surface area contributed by atoms with Gasteiger partial charge in [-0.25, -0.2) is 0 Å². The van der Waals surface area contributed by atoms with Gasteiger partial charge in [0.2, 0.25) is 0 Å². The fourth-order valence-corrected chi connectivity index (χ4v) is 3.64. The molecule has 2 atom stereocenters. The lowest BCUT2D eigenvalue weighted by atomic mass is 9.88. The molecule has 1 spiro atoms. The molecule has 1 N–H and O–H groups in total. The van der Waals surface area contributed by atoms with E-state index in [-0.39, 0.29) is 5.60 Å². The third kappa shape index (κ3) is 3.69. The third-order valence-corrected chi connectivity index (χ3v) is 4.48. The summed E-state index contributed by atoms with van der Waals surface area (Å²) >= 11 is 0. The first-order chi connectivity index (χ1) is 8.78. The zero-order valence-electron chi connectivity index (χ0n) is 12.0. The highest BCUT2D eigenvalue weighted by Gasteiger charge is 2.40. The molecule has 3 nitrogen and oxygen atoms in total. The van der Waals surface area contributed by atoms with Gasteiger partial charge in [0.1, 0.15) is 0 Å². The SMILES string of the molecule is CCCC(COC)NC1CCOC2(CCCC2)C1. The van der Waals surface area contributed by atoms with Crippen LogP contribution in [-0.2, 0) is 9.47 Å². The second-order valence-corrected chi connectivity index (χ2v) is 6.04. The zero-order chi connectivity index (χ0) is 12.8. The molecule has 1 saturated carbocycles. The fourth-order valence-electron chi connectivity index (χ4n) is 3.64. The molecule has 2 rings (SSSR count). The monoisotopic (exact) mass is 255 g/mol. The first-order valence-corrected chi connectivity index (χ1v) is 7.67. The molecule has 3 heteroatoms. The molecule has 0 aromatic carbocycles. The molecule has 2 aliphatic rings. The normalized spacial score (nSPS) is 28.7. The van der Waals surface area contributed by atoms with Crippen LogP contribution in [0.4, 0.5) is 0 Å². The standard InChI is InChI=1S/C15H29NO2/c1-3-6-14(12-17-2)16-13-7-10-18-15(11-13)8-4-5-9-15/h13-14,16H,3-12H2,1-2H3. The third-order valence-electron chi connectivity index (χ3n) is 4.48. The minimum absolute atomic E-state index is 0.222. The summed E-state index contributed by atoms with van der Waals surface area (Å²) in [5.41, 5.74) is 0.222. The van der Waals surface area contributed by atoms with Crippen LogP contribution in [0.25, 0.3) is 0 Å². The van der Waals surface area contributed by atoms with E-state index in [1.54, 1.807) is 7.11 Å². The molecular weight excluding hydrogens is 226 g/mol. The van der Waals surface area contributed by atoms with Crippen LogP contribution in [0.1, 0.15) is 58.3 Å². The number of hydrogen-bond acceptors (Lipinski definition) is 3. The van der Waals surface area contributed by atoms with Crippen LogP contribution in [0.2, 0.25) is 0 Å².